The van der Waals surface area contributed by atoms with Crippen LogP contribution >= 0.6 is 6.75 Å². The van der Waals surface area contributed by atoms with Gasteiger partial charge >= 0.3 is 161 Å². The number of aromatic nitrogens is 3. The van der Waals surface area contributed by atoms with E-state index < -0.39 is 6.75 Å². The first-order valence-electron chi connectivity index (χ1n) is 11.0. The van der Waals surface area contributed by atoms with Crippen LogP contribution in [0.15, 0.2) is 24.3 Å². The zero-order valence-corrected chi connectivity index (χ0v) is 18.5. The van der Waals surface area contributed by atoms with Crippen molar-refractivity contribution in [3.05, 3.63) is 24.3 Å². The summed E-state index contributed by atoms with van der Waals surface area (Å²) in [5.41, 5.74) is 2.35. The molecule has 2 rings (SSSR count). The molecule has 0 amide bonds. The van der Waals surface area contributed by atoms with E-state index in [-0.39, 0.29) is 0 Å². The quantitative estimate of drug-likeness (QED) is 0.354. The maximum atomic E-state index is 4.88. The summed E-state index contributed by atoms with van der Waals surface area (Å²) in [6, 6.07) is 8.63. The summed E-state index contributed by atoms with van der Waals surface area (Å²) < 4.78 is 2.53. The van der Waals surface area contributed by atoms with Gasteiger partial charge in [0.15, 0.2) is 0 Å². The molecule has 0 radical (unpaired) electrons. The van der Waals surface area contributed by atoms with Crippen LogP contribution in [-0.4, -0.2) is 39.4 Å². The van der Waals surface area contributed by atoms with Crippen molar-refractivity contribution in [2.45, 2.75) is 79.1 Å². The summed E-state index contributed by atoms with van der Waals surface area (Å²) in [6.07, 6.45) is 15.8. The van der Waals surface area contributed by atoms with E-state index in [1.165, 1.54) is 81.5 Å². The van der Waals surface area contributed by atoms with Crippen molar-refractivity contribution in [3.63, 3.8) is 0 Å². The predicted molar refractivity (Wildman–Crippen MR) is 119 cm³/mol. The summed E-state index contributed by atoms with van der Waals surface area (Å²) in [4.78, 5) is 0. The monoisotopic (exact) mass is 377 g/mol. The zero-order valence-electron chi connectivity index (χ0n) is 17.6. The second kappa shape index (κ2) is 9.83. The number of hydrogen-bond donors (Lipinski definition) is 0. The van der Waals surface area contributed by atoms with Crippen LogP contribution in [0, 0.1) is 0 Å². The van der Waals surface area contributed by atoms with Crippen LogP contribution in [0.5, 0.6) is 0 Å². The number of unbranched alkanes of at least 4 members (excludes halogenated alkanes) is 4. The first-order valence-corrected chi connectivity index (χ1v) is 13.9. The molecule has 0 N–H and O–H groups in total. The molecule has 4 heteroatoms. The van der Waals surface area contributed by atoms with Gasteiger partial charge in [0.1, 0.15) is 0 Å². The molecule has 0 saturated carbocycles. The Labute approximate surface area is 160 Å². The van der Waals surface area contributed by atoms with Gasteiger partial charge in [0.25, 0.3) is 0 Å². The summed E-state index contributed by atoms with van der Waals surface area (Å²) >= 11 is 0. The fourth-order valence-electron chi connectivity index (χ4n) is 4.58. The third-order valence-corrected chi connectivity index (χ3v) is 13.4. The molecule has 0 unspecified atom stereocenters. The Kier molecular flexibility index (Phi) is 8.07. The van der Waals surface area contributed by atoms with Gasteiger partial charge in [-0.3, -0.25) is 0 Å². The summed E-state index contributed by atoms with van der Waals surface area (Å²) in [5, 5.41) is 9.48. The number of fused-ring (bicyclic) bond motifs is 1. The van der Waals surface area contributed by atoms with Crippen LogP contribution < -0.4 is 0 Å². The van der Waals surface area contributed by atoms with Gasteiger partial charge in [-0.1, -0.05) is 0 Å². The molecule has 1 aromatic carbocycles. The van der Waals surface area contributed by atoms with E-state index in [1.54, 1.807) is 0 Å². The Balaban J connectivity index is 2.68. The van der Waals surface area contributed by atoms with Gasteiger partial charge in [-0.15, -0.1) is 0 Å². The van der Waals surface area contributed by atoms with Crippen molar-refractivity contribution in [3.8, 4) is 0 Å². The third-order valence-electron chi connectivity index (χ3n) is 6.21. The Morgan fingerprint density at radius 3 is 1.65 bits per heavy atom. The molecule has 0 spiro atoms. The van der Waals surface area contributed by atoms with Crippen molar-refractivity contribution in [2.24, 2.45) is 0 Å². The minimum absolute atomic E-state index is 1.07. The van der Waals surface area contributed by atoms with Crippen molar-refractivity contribution >= 4 is 17.8 Å². The topological polar surface area (TPSA) is 30.7 Å². The molecule has 1 heterocycles. The molecule has 2 aromatic rings. The van der Waals surface area contributed by atoms with Crippen LogP contribution in [0.25, 0.3) is 11.0 Å². The second-order valence-electron chi connectivity index (χ2n) is 8.18. The molecule has 1 aromatic heterocycles. The molecule has 0 atom stereocenters. The summed E-state index contributed by atoms with van der Waals surface area (Å²) in [7, 11) is 0. The maximum absolute atomic E-state index is 4.88. The SMILES string of the molecule is CCCCP(CCCC)(CCCC)(CCCC)n1nnc2ccccc21. The van der Waals surface area contributed by atoms with Gasteiger partial charge in [-0.05, 0) is 0 Å². The Hall–Kier alpha value is -0.950. The zero-order chi connectivity index (χ0) is 18.9. The Bertz CT molecular complexity index is 621. The van der Waals surface area contributed by atoms with E-state index in [0.717, 1.165) is 5.52 Å². The van der Waals surface area contributed by atoms with Crippen LogP contribution in [0.4, 0.5) is 0 Å². The molecule has 3 nitrogen and oxygen atoms in total. The van der Waals surface area contributed by atoms with E-state index in [4.69, 9.17) is 5.21 Å². The van der Waals surface area contributed by atoms with E-state index in [9.17, 15) is 0 Å². The van der Waals surface area contributed by atoms with Crippen LogP contribution in [0.2, 0.25) is 0 Å². The molecule has 26 heavy (non-hydrogen) atoms. The molecule has 0 bridgehead atoms. The van der Waals surface area contributed by atoms with E-state index in [0.29, 0.717) is 0 Å². The first kappa shape index (κ1) is 21.4. The molecule has 0 saturated heterocycles. The standard InChI is InChI=1S/C22H40N3P/c1-5-9-17-26(18-10-6-2,19-11-7-3,20-12-8-4)25-22-16-14-13-15-21(22)23-24-25/h13-16H,5-12,17-20H2,1-4H3. The Morgan fingerprint density at radius 2 is 1.19 bits per heavy atom. The van der Waals surface area contributed by atoms with Crippen molar-refractivity contribution in [1.29, 1.82) is 0 Å². The van der Waals surface area contributed by atoms with Gasteiger partial charge < -0.3 is 0 Å². The third kappa shape index (κ3) is 4.30. The normalized spacial score (nSPS) is 13.8. The summed E-state index contributed by atoms with van der Waals surface area (Å²) in [6.45, 7) is 7.17. The van der Waals surface area contributed by atoms with Crippen molar-refractivity contribution < 1.29 is 0 Å². The second-order valence-corrected chi connectivity index (χ2v) is 14.2. The fourth-order valence-corrected chi connectivity index (χ4v) is 12.2. The molecule has 0 aliphatic heterocycles. The van der Waals surface area contributed by atoms with Crippen LogP contribution in [-0.2, 0) is 0 Å². The Morgan fingerprint density at radius 1 is 0.731 bits per heavy atom. The van der Waals surface area contributed by atoms with Gasteiger partial charge in [-0.25, -0.2) is 0 Å². The fraction of sp³-hybridized carbons (Fsp3) is 0.727. The predicted octanol–water partition coefficient (Wildman–Crippen LogP) is 6.95. The molecule has 0 fully saturated rings. The van der Waals surface area contributed by atoms with Gasteiger partial charge in [0, 0.05) is 0 Å². The first-order chi connectivity index (χ1) is 12.7. The molecule has 0 aliphatic rings. The van der Waals surface area contributed by atoms with Crippen molar-refractivity contribution in [2.75, 3.05) is 24.6 Å². The van der Waals surface area contributed by atoms with Gasteiger partial charge in [0.05, 0.1) is 0 Å². The van der Waals surface area contributed by atoms with Crippen LogP contribution in [0.3, 0.4) is 0 Å². The molecule has 148 valence electrons. The number of hydrogen-bond acceptors (Lipinski definition) is 2. The number of benzene rings is 1. The minimum atomic E-state index is -2.18. The number of rotatable bonds is 13. The average Bonchev–Trinajstić information content (AvgIpc) is 3.13. The molecule has 0 aliphatic carbocycles. The number of nitrogens with zero attached hydrogens (tertiary/aromatic N) is 3. The van der Waals surface area contributed by atoms with Crippen LogP contribution in [0.1, 0.15) is 79.1 Å². The molecular weight excluding hydrogens is 337 g/mol. The molecular formula is C22H40N3P. The average molecular weight is 378 g/mol. The van der Waals surface area contributed by atoms with E-state index in [2.05, 4.69) is 61.5 Å². The van der Waals surface area contributed by atoms with E-state index in [1.807, 2.05) is 0 Å². The van der Waals surface area contributed by atoms with Crippen molar-refractivity contribution in [1.82, 2.24) is 14.8 Å². The van der Waals surface area contributed by atoms with Gasteiger partial charge in [0.2, 0.25) is 0 Å². The number of para-hydroxylation sites is 1. The summed E-state index contributed by atoms with van der Waals surface area (Å²) in [5.74, 6) is 0. The van der Waals surface area contributed by atoms with E-state index >= 15 is 0 Å². The van der Waals surface area contributed by atoms with Gasteiger partial charge in [-0.2, -0.15) is 0 Å².